The normalized spacial score (nSPS) is 17.4. The zero-order valence-corrected chi connectivity index (χ0v) is 20.5. The maximum atomic E-state index is 14.2. The number of ether oxygens (including phenoxy) is 1. The van der Waals surface area contributed by atoms with E-state index in [2.05, 4.69) is 5.92 Å². The van der Waals surface area contributed by atoms with Gasteiger partial charge in [0.25, 0.3) is 5.91 Å². The number of nitrogens with zero attached hydrogens (tertiary/aromatic N) is 2. The Kier molecular flexibility index (Phi) is 7.84. The van der Waals surface area contributed by atoms with E-state index in [4.69, 9.17) is 16.9 Å². The standard InChI is InChI=1S/C29H25F2N3O4/c1-3-13-33-23-11-7-8-12-24(23)38-27(20-9-5-4-6-10-20)26(29(33)37)34(28(36)18(2)32)25(35)16-19-14-21(30)17-22(31)15-19/h1,4-12,14-15,17-18,26-27H,13,16,32H2,2H3/t18-,26-,27+/m0/s1. The summed E-state index contributed by atoms with van der Waals surface area (Å²) >= 11 is 0. The van der Waals surface area contributed by atoms with E-state index in [1.807, 2.05) is 0 Å². The number of terminal acetylenes is 1. The van der Waals surface area contributed by atoms with Crippen LogP contribution in [0, 0.1) is 24.0 Å². The van der Waals surface area contributed by atoms with Crippen molar-refractivity contribution in [2.24, 2.45) is 5.73 Å². The van der Waals surface area contributed by atoms with Crippen LogP contribution in [-0.2, 0) is 20.8 Å². The van der Waals surface area contributed by atoms with Gasteiger partial charge in [-0.15, -0.1) is 6.42 Å². The second-order valence-electron chi connectivity index (χ2n) is 8.84. The summed E-state index contributed by atoms with van der Waals surface area (Å²) in [7, 11) is 0. The number of imide groups is 1. The molecule has 0 saturated carbocycles. The molecule has 3 atom stereocenters. The van der Waals surface area contributed by atoms with Crippen LogP contribution >= 0.6 is 0 Å². The summed E-state index contributed by atoms with van der Waals surface area (Å²) in [5.41, 5.74) is 6.77. The Balaban J connectivity index is 1.88. The molecule has 3 amide bonds. The molecule has 3 aromatic rings. The van der Waals surface area contributed by atoms with Crippen LogP contribution in [0.15, 0.2) is 72.8 Å². The fourth-order valence-corrected chi connectivity index (χ4v) is 4.39. The van der Waals surface area contributed by atoms with Crippen molar-refractivity contribution in [3.8, 4) is 18.1 Å². The van der Waals surface area contributed by atoms with Crippen LogP contribution in [0.25, 0.3) is 0 Å². The SMILES string of the molecule is C#CCN1C(=O)[C@@H](N(C(=O)Cc2cc(F)cc(F)c2)C(=O)[C@H](C)N)[C@@H](c2ccccc2)Oc2ccccc21. The molecule has 1 heterocycles. The average molecular weight is 518 g/mol. The highest BCUT2D eigenvalue weighted by Gasteiger charge is 2.47. The maximum Gasteiger partial charge on any atom is 0.255 e. The quantitative estimate of drug-likeness (QED) is 0.506. The molecule has 0 aliphatic carbocycles. The van der Waals surface area contributed by atoms with E-state index >= 15 is 0 Å². The van der Waals surface area contributed by atoms with Crippen molar-refractivity contribution >= 4 is 23.4 Å². The molecule has 0 unspecified atom stereocenters. The lowest BCUT2D eigenvalue weighted by Gasteiger charge is -2.35. The summed E-state index contributed by atoms with van der Waals surface area (Å²) in [5, 5.41) is 0. The van der Waals surface area contributed by atoms with Gasteiger partial charge in [0, 0.05) is 6.07 Å². The van der Waals surface area contributed by atoms with E-state index in [0.29, 0.717) is 23.1 Å². The molecule has 1 aliphatic heterocycles. The Morgan fingerprint density at radius 1 is 1.08 bits per heavy atom. The Morgan fingerprint density at radius 3 is 2.34 bits per heavy atom. The first-order valence-electron chi connectivity index (χ1n) is 11.8. The first kappa shape index (κ1) is 26.5. The van der Waals surface area contributed by atoms with E-state index in [0.717, 1.165) is 17.0 Å². The van der Waals surface area contributed by atoms with Gasteiger partial charge in [0.2, 0.25) is 11.8 Å². The third-order valence-electron chi connectivity index (χ3n) is 6.04. The molecule has 0 aromatic heterocycles. The maximum absolute atomic E-state index is 14.2. The highest BCUT2D eigenvalue weighted by atomic mass is 19.1. The van der Waals surface area contributed by atoms with Crippen LogP contribution in [0.1, 0.15) is 24.2 Å². The first-order chi connectivity index (χ1) is 18.2. The summed E-state index contributed by atoms with van der Waals surface area (Å²) in [5.74, 6) is -1.43. The van der Waals surface area contributed by atoms with Crippen molar-refractivity contribution in [2.45, 2.75) is 31.5 Å². The van der Waals surface area contributed by atoms with Gasteiger partial charge < -0.3 is 10.5 Å². The fraction of sp³-hybridized carbons (Fsp3) is 0.207. The number of benzene rings is 3. The van der Waals surface area contributed by atoms with Crippen LogP contribution in [0.2, 0.25) is 0 Å². The number of rotatable bonds is 6. The zero-order valence-electron chi connectivity index (χ0n) is 20.5. The Bertz CT molecular complexity index is 1380. The monoisotopic (exact) mass is 517 g/mol. The number of amides is 3. The van der Waals surface area contributed by atoms with Crippen molar-refractivity contribution in [3.05, 3.63) is 95.6 Å². The number of nitrogens with two attached hydrogens (primary N) is 1. The highest BCUT2D eigenvalue weighted by Crippen LogP contribution is 2.39. The van der Waals surface area contributed by atoms with Crippen molar-refractivity contribution in [1.29, 1.82) is 0 Å². The smallest absolute Gasteiger partial charge is 0.255 e. The molecule has 2 N–H and O–H groups in total. The Hall–Kier alpha value is -4.55. The summed E-state index contributed by atoms with van der Waals surface area (Å²) in [6, 6.07) is 15.3. The lowest BCUT2D eigenvalue weighted by molar-refractivity contribution is -0.154. The Labute approximate surface area is 218 Å². The number of anilines is 1. The second-order valence-corrected chi connectivity index (χ2v) is 8.84. The summed E-state index contributed by atoms with van der Waals surface area (Å²) < 4.78 is 34.0. The molecule has 0 bridgehead atoms. The Morgan fingerprint density at radius 2 is 1.71 bits per heavy atom. The van der Waals surface area contributed by atoms with Crippen LogP contribution < -0.4 is 15.4 Å². The largest absolute Gasteiger partial charge is 0.481 e. The van der Waals surface area contributed by atoms with Gasteiger partial charge in [0.05, 0.1) is 24.7 Å². The molecule has 0 spiro atoms. The summed E-state index contributed by atoms with van der Waals surface area (Å²) in [4.78, 5) is 43.3. The minimum atomic E-state index is -1.53. The third-order valence-corrected chi connectivity index (χ3v) is 6.04. The molecule has 0 radical (unpaired) electrons. The van der Waals surface area contributed by atoms with Gasteiger partial charge in [-0.2, -0.15) is 0 Å². The number of carbonyl (C=O) groups excluding carboxylic acids is 3. The summed E-state index contributed by atoms with van der Waals surface area (Å²) in [6.07, 6.45) is 3.87. The topological polar surface area (TPSA) is 92.9 Å². The van der Waals surface area contributed by atoms with Gasteiger partial charge in [-0.05, 0) is 42.3 Å². The van der Waals surface area contributed by atoms with Gasteiger partial charge >= 0.3 is 0 Å². The second kappa shape index (κ2) is 11.2. The molecular weight excluding hydrogens is 492 g/mol. The van der Waals surface area contributed by atoms with Crippen LogP contribution in [0.4, 0.5) is 14.5 Å². The average Bonchev–Trinajstić information content (AvgIpc) is 2.99. The number of hydrogen-bond acceptors (Lipinski definition) is 5. The van der Waals surface area contributed by atoms with Crippen LogP contribution in [0.5, 0.6) is 5.75 Å². The highest BCUT2D eigenvalue weighted by molar-refractivity contribution is 6.07. The lowest BCUT2D eigenvalue weighted by Crippen LogP contribution is -2.59. The third kappa shape index (κ3) is 5.41. The van der Waals surface area contributed by atoms with E-state index in [9.17, 15) is 23.2 Å². The van der Waals surface area contributed by atoms with Gasteiger partial charge in [0.15, 0.2) is 12.1 Å². The minimum Gasteiger partial charge on any atom is -0.481 e. The van der Waals surface area contributed by atoms with Crippen LogP contribution in [0.3, 0.4) is 0 Å². The molecule has 3 aromatic carbocycles. The number of carbonyl (C=O) groups is 3. The summed E-state index contributed by atoms with van der Waals surface area (Å²) in [6.45, 7) is 1.21. The molecule has 194 valence electrons. The molecule has 4 rings (SSSR count). The number of halogens is 2. The molecule has 7 nitrogen and oxygen atoms in total. The molecule has 0 saturated heterocycles. The van der Waals surface area contributed by atoms with Gasteiger partial charge in [0.1, 0.15) is 17.4 Å². The van der Waals surface area contributed by atoms with E-state index in [1.54, 1.807) is 54.6 Å². The molecular formula is C29H25F2N3O4. The van der Waals surface area contributed by atoms with Crippen LogP contribution in [-0.4, -0.2) is 41.2 Å². The molecule has 9 heteroatoms. The van der Waals surface area contributed by atoms with Gasteiger partial charge in [-0.3, -0.25) is 24.2 Å². The van der Waals surface area contributed by atoms with Crippen molar-refractivity contribution in [1.82, 2.24) is 4.90 Å². The fourth-order valence-electron chi connectivity index (χ4n) is 4.39. The molecule has 1 aliphatic rings. The molecule has 0 fully saturated rings. The van der Waals surface area contributed by atoms with Crippen molar-refractivity contribution < 1.29 is 27.9 Å². The van der Waals surface area contributed by atoms with Gasteiger partial charge in [-0.1, -0.05) is 48.4 Å². The number of para-hydroxylation sites is 2. The zero-order chi connectivity index (χ0) is 27.4. The van der Waals surface area contributed by atoms with E-state index in [1.165, 1.54) is 11.8 Å². The predicted molar refractivity (Wildman–Crippen MR) is 137 cm³/mol. The number of fused-ring (bicyclic) bond motifs is 1. The van der Waals surface area contributed by atoms with Gasteiger partial charge in [-0.25, -0.2) is 8.78 Å². The first-order valence-corrected chi connectivity index (χ1v) is 11.8. The lowest BCUT2D eigenvalue weighted by atomic mass is 9.97. The van der Waals surface area contributed by atoms with Crippen molar-refractivity contribution in [3.63, 3.8) is 0 Å². The van der Waals surface area contributed by atoms with Crippen molar-refractivity contribution in [2.75, 3.05) is 11.4 Å². The minimum absolute atomic E-state index is 0.0167. The van der Waals surface area contributed by atoms with E-state index < -0.39 is 54.0 Å². The van der Waals surface area contributed by atoms with E-state index in [-0.39, 0.29) is 12.1 Å². The number of hydrogen-bond donors (Lipinski definition) is 1. The molecule has 38 heavy (non-hydrogen) atoms. The predicted octanol–water partition coefficient (Wildman–Crippen LogP) is 3.38.